The Kier molecular flexibility index (Phi) is 9.87. The standard InChI is InChI=1S/C30H38FN5O4/c1-20(2)25-17-35(19-28(38)33-22-9-4-3-5-10-22)18-27(37)32-14-6-8-21-12-13-24(31)23(16-21)30(40)36-15-7-11-26(36)29(39)34-25/h3-5,9-10,12-13,16,20,25-26H,6-8,11,14-15,17-19H2,1-2H3,(H,32,37)(H,33,38)(H,34,39)/t25-,26-/m0/s1. The molecule has 0 spiro atoms. The predicted molar refractivity (Wildman–Crippen MR) is 150 cm³/mol. The largest absolute Gasteiger partial charge is 0.355 e. The van der Waals surface area contributed by atoms with Gasteiger partial charge in [-0.3, -0.25) is 24.1 Å². The maximum atomic E-state index is 14.7. The maximum Gasteiger partial charge on any atom is 0.257 e. The molecule has 2 aromatic rings. The molecule has 3 N–H and O–H groups in total. The third kappa shape index (κ3) is 7.65. The molecule has 1 saturated heterocycles. The fourth-order valence-corrected chi connectivity index (χ4v) is 5.20. The summed E-state index contributed by atoms with van der Waals surface area (Å²) in [6.07, 6.45) is 2.27. The van der Waals surface area contributed by atoms with Crippen molar-refractivity contribution in [1.82, 2.24) is 20.4 Å². The van der Waals surface area contributed by atoms with Crippen LogP contribution in [0.5, 0.6) is 0 Å². The van der Waals surface area contributed by atoms with Crippen LogP contribution >= 0.6 is 0 Å². The van der Waals surface area contributed by atoms with Gasteiger partial charge in [-0.1, -0.05) is 38.1 Å². The van der Waals surface area contributed by atoms with Gasteiger partial charge in [-0.25, -0.2) is 4.39 Å². The van der Waals surface area contributed by atoms with E-state index in [2.05, 4.69) is 16.0 Å². The van der Waals surface area contributed by atoms with Gasteiger partial charge < -0.3 is 20.9 Å². The van der Waals surface area contributed by atoms with E-state index < -0.39 is 23.8 Å². The lowest BCUT2D eigenvalue weighted by atomic mass is 10.0. The number of amides is 4. The minimum absolute atomic E-state index is 0.0178. The van der Waals surface area contributed by atoms with Crippen LogP contribution < -0.4 is 16.0 Å². The monoisotopic (exact) mass is 551 g/mol. The van der Waals surface area contributed by atoms with Crippen molar-refractivity contribution in [1.29, 1.82) is 0 Å². The molecular formula is C30H38FN5O4. The molecule has 2 aliphatic heterocycles. The minimum Gasteiger partial charge on any atom is -0.355 e. The van der Waals surface area contributed by atoms with Crippen molar-refractivity contribution in [3.05, 3.63) is 65.5 Å². The van der Waals surface area contributed by atoms with Crippen molar-refractivity contribution >= 4 is 29.3 Å². The number of rotatable bonds is 4. The smallest absolute Gasteiger partial charge is 0.257 e. The van der Waals surface area contributed by atoms with Crippen molar-refractivity contribution < 1.29 is 23.6 Å². The number of aryl methyl sites for hydroxylation is 1. The summed E-state index contributed by atoms with van der Waals surface area (Å²) in [5.74, 6) is -1.95. The third-order valence-corrected chi connectivity index (χ3v) is 7.42. The van der Waals surface area contributed by atoms with Crippen molar-refractivity contribution in [2.75, 3.05) is 38.0 Å². The highest BCUT2D eigenvalue weighted by Gasteiger charge is 2.37. The van der Waals surface area contributed by atoms with Gasteiger partial charge in [-0.15, -0.1) is 0 Å². The highest BCUT2D eigenvalue weighted by Crippen LogP contribution is 2.23. The van der Waals surface area contributed by atoms with Gasteiger partial charge in [-0.2, -0.15) is 0 Å². The number of nitrogens with one attached hydrogen (secondary N) is 3. The molecule has 2 aromatic carbocycles. The Balaban J connectivity index is 1.57. The molecule has 4 amide bonds. The van der Waals surface area contributed by atoms with Crippen LogP contribution in [0.15, 0.2) is 48.5 Å². The first kappa shape index (κ1) is 29.2. The second-order valence-corrected chi connectivity index (χ2v) is 10.9. The molecule has 0 aromatic heterocycles. The Hall–Kier alpha value is -3.79. The fourth-order valence-electron chi connectivity index (χ4n) is 5.20. The Bertz CT molecular complexity index is 1220. The van der Waals surface area contributed by atoms with Crippen LogP contribution in [0, 0.1) is 11.7 Å². The normalized spacial score (nSPS) is 21.4. The highest BCUT2D eigenvalue weighted by molar-refractivity contribution is 5.98. The van der Waals surface area contributed by atoms with Crippen LogP contribution in [-0.4, -0.2) is 78.2 Å². The summed E-state index contributed by atoms with van der Waals surface area (Å²) in [7, 11) is 0. The molecule has 2 aliphatic rings. The first-order valence-electron chi connectivity index (χ1n) is 13.9. The van der Waals surface area contributed by atoms with E-state index in [0.29, 0.717) is 44.5 Å². The number of nitrogens with zero attached hydrogens (tertiary/aromatic N) is 2. The quantitative estimate of drug-likeness (QED) is 0.541. The van der Waals surface area contributed by atoms with E-state index in [1.54, 1.807) is 29.2 Å². The van der Waals surface area contributed by atoms with Gasteiger partial charge in [0.1, 0.15) is 11.9 Å². The third-order valence-electron chi connectivity index (χ3n) is 7.42. The summed E-state index contributed by atoms with van der Waals surface area (Å²) in [4.78, 5) is 55.8. The first-order chi connectivity index (χ1) is 19.2. The molecule has 214 valence electrons. The zero-order chi connectivity index (χ0) is 28.6. The van der Waals surface area contributed by atoms with Crippen molar-refractivity contribution in [3.8, 4) is 0 Å². The van der Waals surface area contributed by atoms with Crippen molar-refractivity contribution in [2.24, 2.45) is 5.92 Å². The number of carbonyl (C=O) groups is 4. The van der Waals surface area contributed by atoms with Crippen LogP contribution in [0.1, 0.15) is 49.0 Å². The zero-order valence-electron chi connectivity index (χ0n) is 23.1. The SMILES string of the molecule is CC(C)[C@@H]1CN(CC(=O)Nc2ccccc2)CC(=O)NCCCc2ccc(F)c(c2)C(=O)N2CCC[C@H]2C(=O)N1. The van der Waals surface area contributed by atoms with E-state index in [0.717, 1.165) is 5.56 Å². The molecule has 0 radical (unpaired) electrons. The molecule has 0 aliphatic carbocycles. The van der Waals surface area contributed by atoms with Gasteiger partial charge in [0.05, 0.1) is 18.7 Å². The van der Waals surface area contributed by atoms with E-state index >= 15 is 0 Å². The summed E-state index contributed by atoms with van der Waals surface area (Å²) in [5.41, 5.74) is 1.39. The number of anilines is 1. The predicted octanol–water partition coefficient (Wildman–Crippen LogP) is 2.57. The molecule has 40 heavy (non-hydrogen) atoms. The van der Waals surface area contributed by atoms with E-state index in [-0.39, 0.29) is 48.8 Å². The molecule has 0 saturated carbocycles. The van der Waals surface area contributed by atoms with Gasteiger partial charge in [-0.05, 0) is 61.4 Å². The van der Waals surface area contributed by atoms with E-state index in [1.165, 1.54) is 11.0 Å². The zero-order valence-corrected chi connectivity index (χ0v) is 23.1. The second kappa shape index (κ2) is 13.5. The van der Waals surface area contributed by atoms with Crippen LogP contribution in [0.25, 0.3) is 0 Å². The topological polar surface area (TPSA) is 111 Å². The molecule has 2 heterocycles. The van der Waals surface area contributed by atoms with Gasteiger partial charge >= 0.3 is 0 Å². The Labute approximate surface area is 234 Å². The van der Waals surface area contributed by atoms with Gasteiger partial charge in [0.15, 0.2) is 0 Å². The number of hydrogen-bond donors (Lipinski definition) is 3. The number of halogens is 1. The molecule has 0 unspecified atom stereocenters. The van der Waals surface area contributed by atoms with E-state index in [4.69, 9.17) is 0 Å². The first-order valence-corrected chi connectivity index (χ1v) is 13.9. The lowest BCUT2D eigenvalue weighted by Gasteiger charge is -2.32. The fraction of sp³-hybridized carbons (Fsp3) is 0.467. The van der Waals surface area contributed by atoms with Crippen LogP contribution in [-0.2, 0) is 20.8 Å². The summed E-state index contributed by atoms with van der Waals surface area (Å²) in [5, 5.41) is 8.81. The average Bonchev–Trinajstić information content (AvgIpc) is 3.41. The molecule has 4 rings (SSSR count). The average molecular weight is 552 g/mol. The number of carbonyl (C=O) groups excluding carboxylic acids is 4. The molecule has 2 atom stereocenters. The van der Waals surface area contributed by atoms with Gasteiger partial charge in [0, 0.05) is 31.4 Å². The van der Waals surface area contributed by atoms with Crippen LogP contribution in [0.3, 0.4) is 0 Å². The van der Waals surface area contributed by atoms with Crippen molar-refractivity contribution in [3.63, 3.8) is 0 Å². The number of para-hydroxylation sites is 1. The van der Waals surface area contributed by atoms with Crippen LogP contribution in [0.2, 0.25) is 0 Å². The number of hydrogen-bond acceptors (Lipinski definition) is 5. The second-order valence-electron chi connectivity index (χ2n) is 10.9. The Morgan fingerprint density at radius 1 is 1.10 bits per heavy atom. The van der Waals surface area contributed by atoms with E-state index in [1.807, 2.05) is 32.0 Å². The highest BCUT2D eigenvalue weighted by atomic mass is 19.1. The molecule has 9 nitrogen and oxygen atoms in total. The lowest BCUT2D eigenvalue weighted by Crippen LogP contribution is -2.54. The number of benzene rings is 2. The minimum atomic E-state index is -0.717. The molecule has 10 heteroatoms. The van der Waals surface area contributed by atoms with E-state index in [9.17, 15) is 23.6 Å². The molecule has 2 bridgehead atoms. The summed E-state index contributed by atoms with van der Waals surface area (Å²) >= 11 is 0. The van der Waals surface area contributed by atoms with Crippen molar-refractivity contribution in [2.45, 2.75) is 51.6 Å². The van der Waals surface area contributed by atoms with Gasteiger partial charge in [0.25, 0.3) is 5.91 Å². The molecule has 1 fully saturated rings. The van der Waals surface area contributed by atoms with Crippen LogP contribution in [0.4, 0.5) is 10.1 Å². The molecular weight excluding hydrogens is 513 g/mol. The lowest BCUT2D eigenvalue weighted by molar-refractivity contribution is -0.126. The maximum absolute atomic E-state index is 14.7. The Morgan fingerprint density at radius 2 is 1.88 bits per heavy atom. The summed E-state index contributed by atoms with van der Waals surface area (Å²) in [6, 6.07) is 12.4. The number of fused-ring (bicyclic) bond motifs is 3. The van der Waals surface area contributed by atoms with Gasteiger partial charge in [0.2, 0.25) is 17.7 Å². The summed E-state index contributed by atoms with van der Waals surface area (Å²) in [6.45, 7) is 4.87. The Morgan fingerprint density at radius 3 is 2.62 bits per heavy atom. The summed E-state index contributed by atoms with van der Waals surface area (Å²) < 4.78 is 14.7.